The Morgan fingerprint density at radius 2 is 2.19 bits per heavy atom. The monoisotopic (exact) mass is 289 g/mol. The van der Waals surface area contributed by atoms with Gasteiger partial charge in [0.15, 0.2) is 11.5 Å². The van der Waals surface area contributed by atoms with Crippen LogP contribution >= 0.6 is 15.9 Å². The summed E-state index contributed by atoms with van der Waals surface area (Å²) in [6, 6.07) is 0.273. The lowest BCUT2D eigenvalue weighted by atomic mass is 10.00. The molecule has 0 heterocycles. The molecule has 0 radical (unpaired) electrons. The van der Waals surface area contributed by atoms with E-state index in [2.05, 4.69) is 15.9 Å². The topological polar surface area (TPSA) is 92.8 Å². The number of hydrogen-bond acceptors (Lipinski definition) is 4. The molecule has 0 amide bonds. The summed E-state index contributed by atoms with van der Waals surface area (Å²) >= 11 is 3.25. The Balaban J connectivity index is 3.47. The number of aliphatic carboxylic acids is 1. The van der Waals surface area contributed by atoms with Crippen molar-refractivity contribution in [3.05, 3.63) is 21.7 Å². The maximum atomic E-state index is 10.8. The van der Waals surface area contributed by atoms with Crippen molar-refractivity contribution in [1.82, 2.24) is 0 Å². The highest BCUT2D eigenvalue weighted by atomic mass is 79.9. The Bertz CT molecular complexity index is 433. The van der Waals surface area contributed by atoms with Crippen LogP contribution in [0.5, 0.6) is 11.5 Å². The van der Waals surface area contributed by atoms with Gasteiger partial charge in [-0.25, -0.2) is 0 Å². The number of methoxy groups -OCH3 is 1. The number of carbonyl (C=O) groups is 1. The molecule has 1 rings (SSSR count). The van der Waals surface area contributed by atoms with Crippen molar-refractivity contribution in [3.8, 4) is 11.5 Å². The molecule has 5 nitrogen and oxygen atoms in total. The molecule has 0 saturated heterocycles. The number of aromatic hydroxyl groups is 1. The number of nitrogens with two attached hydrogens (primary N) is 1. The van der Waals surface area contributed by atoms with Gasteiger partial charge in [0, 0.05) is 10.0 Å². The van der Waals surface area contributed by atoms with Gasteiger partial charge in [-0.05, 0) is 18.6 Å². The van der Waals surface area contributed by atoms with Crippen LogP contribution in [0.1, 0.15) is 17.2 Å². The summed E-state index contributed by atoms with van der Waals surface area (Å²) < 4.78 is 5.56. The minimum absolute atomic E-state index is 0.152. The number of hydrogen-bond donors (Lipinski definition) is 3. The summed E-state index contributed by atoms with van der Waals surface area (Å²) in [5.41, 5.74) is 6.22. The molecule has 0 aliphatic heterocycles. The number of phenols is 1. The molecule has 0 aliphatic rings. The SMILES string of the molecule is COc1cc(Br)c(C)c(C(N)C(=O)O)c1O. The van der Waals surface area contributed by atoms with Crippen molar-refractivity contribution in [2.75, 3.05) is 7.11 Å². The van der Waals surface area contributed by atoms with Crippen molar-refractivity contribution in [2.24, 2.45) is 5.73 Å². The van der Waals surface area contributed by atoms with E-state index >= 15 is 0 Å². The highest BCUT2D eigenvalue weighted by Crippen LogP contribution is 2.39. The Labute approximate surface area is 101 Å². The average molecular weight is 290 g/mol. The zero-order valence-electron chi connectivity index (χ0n) is 8.82. The van der Waals surface area contributed by atoms with Gasteiger partial charge in [-0.15, -0.1) is 0 Å². The third-order valence-electron chi connectivity index (χ3n) is 2.31. The molecular weight excluding hydrogens is 278 g/mol. The molecule has 0 aromatic heterocycles. The molecule has 88 valence electrons. The van der Waals surface area contributed by atoms with E-state index in [1.54, 1.807) is 13.0 Å². The predicted octanol–water partition coefficient (Wildman–Crippen LogP) is 1.56. The lowest BCUT2D eigenvalue weighted by Gasteiger charge is -2.16. The van der Waals surface area contributed by atoms with Gasteiger partial charge in [0.1, 0.15) is 6.04 Å². The molecule has 4 N–H and O–H groups in total. The van der Waals surface area contributed by atoms with Gasteiger partial charge < -0.3 is 20.7 Å². The second-order valence-corrected chi connectivity index (χ2v) is 4.12. The number of phenolic OH excluding ortho intramolecular Hbond substituents is 1. The number of benzene rings is 1. The zero-order chi connectivity index (χ0) is 12.5. The highest BCUT2D eigenvalue weighted by molar-refractivity contribution is 9.10. The normalized spacial score (nSPS) is 12.2. The fourth-order valence-electron chi connectivity index (χ4n) is 1.39. The molecule has 0 bridgehead atoms. The van der Waals surface area contributed by atoms with E-state index in [0.29, 0.717) is 10.0 Å². The first-order chi connectivity index (χ1) is 7.40. The fourth-order valence-corrected chi connectivity index (χ4v) is 1.81. The van der Waals surface area contributed by atoms with Crippen LogP contribution in [0.15, 0.2) is 10.5 Å². The van der Waals surface area contributed by atoms with Crippen LogP contribution in [0.25, 0.3) is 0 Å². The van der Waals surface area contributed by atoms with E-state index in [1.807, 2.05) is 0 Å². The van der Waals surface area contributed by atoms with E-state index in [9.17, 15) is 9.90 Å². The largest absolute Gasteiger partial charge is 0.504 e. The smallest absolute Gasteiger partial charge is 0.325 e. The van der Waals surface area contributed by atoms with Crippen LogP contribution in [0.2, 0.25) is 0 Å². The lowest BCUT2D eigenvalue weighted by molar-refractivity contribution is -0.138. The van der Waals surface area contributed by atoms with Crippen LogP contribution in [0, 0.1) is 6.92 Å². The van der Waals surface area contributed by atoms with E-state index in [-0.39, 0.29) is 17.1 Å². The summed E-state index contributed by atoms with van der Waals surface area (Å²) in [5, 5.41) is 18.7. The lowest BCUT2D eigenvalue weighted by Crippen LogP contribution is -2.22. The number of rotatable bonds is 3. The number of halogens is 1. The summed E-state index contributed by atoms with van der Waals surface area (Å²) in [7, 11) is 1.38. The number of carboxylic acids is 1. The van der Waals surface area contributed by atoms with Crippen LogP contribution in [0.4, 0.5) is 0 Å². The summed E-state index contributed by atoms with van der Waals surface area (Å²) in [5.74, 6) is -1.26. The van der Waals surface area contributed by atoms with Gasteiger partial charge in [0.05, 0.1) is 7.11 Å². The third kappa shape index (κ3) is 2.12. The van der Waals surface area contributed by atoms with E-state index in [1.165, 1.54) is 7.11 Å². The Morgan fingerprint density at radius 1 is 1.62 bits per heavy atom. The van der Waals surface area contributed by atoms with Crippen molar-refractivity contribution in [2.45, 2.75) is 13.0 Å². The number of ether oxygens (including phenoxy) is 1. The molecule has 6 heteroatoms. The Morgan fingerprint density at radius 3 is 2.62 bits per heavy atom. The second kappa shape index (κ2) is 4.71. The fraction of sp³-hybridized carbons (Fsp3) is 0.300. The predicted molar refractivity (Wildman–Crippen MR) is 61.7 cm³/mol. The van der Waals surface area contributed by atoms with Crippen LogP contribution in [0.3, 0.4) is 0 Å². The molecule has 1 unspecified atom stereocenters. The molecule has 0 aliphatic carbocycles. The molecular formula is C10H12BrNO4. The average Bonchev–Trinajstić information content (AvgIpc) is 2.23. The minimum atomic E-state index is -1.29. The minimum Gasteiger partial charge on any atom is -0.504 e. The standard InChI is InChI=1S/C10H12BrNO4/c1-4-5(11)3-6(16-2)9(13)7(4)8(12)10(14)15/h3,8,13H,12H2,1-2H3,(H,14,15). The summed E-state index contributed by atoms with van der Waals surface area (Å²) in [6.45, 7) is 1.67. The molecule has 0 spiro atoms. The van der Waals surface area contributed by atoms with Gasteiger partial charge in [-0.2, -0.15) is 0 Å². The molecule has 1 aromatic rings. The first-order valence-corrected chi connectivity index (χ1v) is 5.23. The van der Waals surface area contributed by atoms with E-state index < -0.39 is 12.0 Å². The van der Waals surface area contributed by atoms with E-state index in [0.717, 1.165) is 0 Å². The first kappa shape index (κ1) is 12.8. The Kier molecular flexibility index (Phi) is 3.77. The quantitative estimate of drug-likeness (QED) is 0.785. The van der Waals surface area contributed by atoms with Crippen molar-refractivity contribution < 1.29 is 19.7 Å². The summed E-state index contributed by atoms with van der Waals surface area (Å²) in [6.07, 6.45) is 0. The van der Waals surface area contributed by atoms with Gasteiger partial charge in [-0.3, -0.25) is 4.79 Å². The zero-order valence-corrected chi connectivity index (χ0v) is 10.4. The molecule has 16 heavy (non-hydrogen) atoms. The van der Waals surface area contributed by atoms with Crippen LogP contribution < -0.4 is 10.5 Å². The van der Waals surface area contributed by atoms with Gasteiger partial charge >= 0.3 is 5.97 Å². The second-order valence-electron chi connectivity index (χ2n) is 3.26. The maximum absolute atomic E-state index is 10.8. The number of carboxylic acid groups (broad SMARTS) is 1. The molecule has 0 saturated carbocycles. The van der Waals surface area contributed by atoms with Gasteiger partial charge in [-0.1, -0.05) is 15.9 Å². The van der Waals surface area contributed by atoms with Crippen molar-refractivity contribution >= 4 is 21.9 Å². The van der Waals surface area contributed by atoms with Crippen molar-refractivity contribution in [1.29, 1.82) is 0 Å². The summed E-state index contributed by atoms with van der Waals surface area (Å²) in [4.78, 5) is 10.8. The maximum Gasteiger partial charge on any atom is 0.325 e. The van der Waals surface area contributed by atoms with Crippen LogP contribution in [-0.4, -0.2) is 23.3 Å². The molecule has 1 aromatic carbocycles. The van der Waals surface area contributed by atoms with Gasteiger partial charge in [0.25, 0.3) is 0 Å². The van der Waals surface area contributed by atoms with Gasteiger partial charge in [0.2, 0.25) is 0 Å². The van der Waals surface area contributed by atoms with Crippen LogP contribution in [-0.2, 0) is 4.79 Å². The van der Waals surface area contributed by atoms with Crippen molar-refractivity contribution in [3.63, 3.8) is 0 Å². The first-order valence-electron chi connectivity index (χ1n) is 4.44. The highest BCUT2D eigenvalue weighted by Gasteiger charge is 2.24. The van der Waals surface area contributed by atoms with E-state index in [4.69, 9.17) is 15.6 Å². The molecule has 1 atom stereocenters. The third-order valence-corrected chi connectivity index (χ3v) is 3.13. The molecule has 0 fully saturated rings. The Hall–Kier alpha value is -1.27.